The van der Waals surface area contributed by atoms with Crippen molar-refractivity contribution in [3.05, 3.63) is 28.2 Å². The van der Waals surface area contributed by atoms with Gasteiger partial charge in [-0.05, 0) is 26.0 Å². The van der Waals surface area contributed by atoms with E-state index in [0.29, 0.717) is 0 Å². The Morgan fingerprint density at radius 2 is 2.07 bits per heavy atom. The molecule has 2 nitrogen and oxygen atoms in total. The van der Waals surface area contributed by atoms with Gasteiger partial charge in [-0.2, -0.15) is 5.26 Å². The van der Waals surface area contributed by atoms with Gasteiger partial charge in [0.25, 0.3) is 0 Å². The van der Waals surface area contributed by atoms with E-state index in [2.05, 4.69) is 22.0 Å². The molecule has 0 unspecified atom stereocenters. The van der Waals surface area contributed by atoms with Gasteiger partial charge in [-0.3, -0.25) is 0 Å². The molecule has 0 aromatic heterocycles. The number of methoxy groups -OCH3 is 1. The van der Waals surface area contributed by atoms with Crippen molar-refractivity contribution in [2.45, 2.75) is 19.3 Å². The fourth-order valence-corrected chi connectivity index (χ4v) is 1.58. The molecule has 0 N–H and O–H groups in total. The maximum Gasteiger partial charge on any atom is 0.124 e. The number of hydrogen-bond acceptors (Lipinski definition) is 2. The summed E-state index contributed by atoms with van der Waals surface area (Å²) in [7, 11) is 1.61. The SMILES string of the molecule is COc1cc(Br)ccc1C(C)(C)C#N. The molecule has 0 bridgehead atoms. The van der Waals surface area contributed by atoms with Crippen LogP contribution in [0.5, 0.6) is 5.75 Å². The fourth-order valence-electron chi connectivity index (χ4n) is 1.24. The van der Waals surface area contributed by atoms with Gasteiger partial charge in [0.2, 0.25) is 0 Å². The van der Waals surface area contributed by atoms with E-state index in [1.54, 1.807) is 7.11 Å². The third-order valence-corrected chi connectivity index (χ3v) is 2.61. The summed E-state index contributed by atoms with van der Waals surface area (Å²) in [6, 6.07) is 7.95. The summed E-state index contributed by atoms with van der Waals surface area (Å²) in [6.45, 7) is 3.75. The first-order valence-corrected chi connectivity index (χ1v) is 5.06. The lowest BCUT2D eigenvalue weighted by atomic mass is 9.86. The first-order valence-electron chi connectivity index (χ1n) is 4.26. The average Bonchev–Trinajstić information content (AvgIpc) is 2.17. The van der Waals surface area contributed by atoms with E-state index < -0.39 is 5.41 Å². The minimum absolute atomic E-state index is 0.522. The largest absolute Gasteiger partial charge is 0.496 e. The van der Waals surface area contributed by atoms with Gasteiger partial charge < -0.3 is 4.74 Å². The normalized spacial score (nSPS) is 10.8. The molecule has 0 spiro atoms. The van der Waals surface area contributed by atoms with Gasteiger partial charge in [-0.15, -0.1) is 0 Å². The van der Waals surface area contributed by atoms with Gasteiger partial charge >= 0.3 is 0 Å². The molecule has 0 aliphatic carbocycles. The van der Waals surface area contributed by atoms with Crippen LogP contribution in [-0.2, 0) is 5.41 Å². The average molecular weight is 254 g/mol. The summed E-state index contributed by atoms with van der Waals surface area (Å²) in [5.41, 5.74) is 0.386. The molecule has 0 radical (unpaired) electrons. The lowest BCUT2D eigenvalue weighted by Crippen LogP contribution is -2.15. The van der Waals surface area contributed by atoms with Crippen molar-refractivity contribution in [2.75, 3.05) is 7.11 Å². The van der Waals surface area contributed by atoms with Crippen LogP contribution in [0.25, 0.3) is 0 Å². The Balaban J connectivity index is 3.29. The van der Waals surface area contributed by atoms with Crippen LogP contribution in [0.4, 0.5) is 0 Å². The Morgan fingerprint density at radius 3 is 2.57 bits per heavy atom. The fraction of sp³-hybridized carbons (Fsp3) is 0.364. The van der Waals surface area contributed by atoms with Gasteiger partial charge in [0.15, 0.2) is 0 Å². The Bertz CT molecular complexity index is 379. The van der Waals surface area contributed by atoms with Gasteiger partial charge in [0.05, 0.1) is 18.6 Å². The van der Waals surface area contributed by atoms with Crippen molar-refractivity contribution in [1.29, 1.82) is 5.26 Å². The van der Waals surface area contributed by atoms with E-state index in [1.807, 2.05) is 32.0 Å². The standard InChI is InChI=1S/C11H12BrNO/c1-11(2,7-13)9-5-4-8(12)6-10(9)14-3/h4-6H,1-3H3. The molecule has 0 fully saturated rings. The highest BCUT2D eigenvalue weighted by Crippen LogP contribution is 2.33. The molecule has 3 heteroatoms. The number of ether oxygens (including phenoxy) is 1. The maximum absolute atomic E-state index is 9.02. The van der Waals surface area contributed by atoms with E-state index in [0.717, 1.165) is 15.8 Å². The zero-order valence-corrected chi connectivity index (χ0v) is 10.1. The van der Waals surface area contributed by atoms with Crippen LogP contribution in [0.2, 0.25) is 0 Å². The van der Waals surface area contributed by atoms with Crippen molar-refractivity contribution < 1.29 is 4.74 Å². The van der Waals surface area contributed by atoms with E-state index in [1.165, 1.54) is 0 Å². The monoisotopic (exact) mass is 253 g/mol. The molecule has 1 aromatic carbocycles. The first-order chi connectivity index (χ1) is 6.51. The van der Waals surface area contributed by atoms with Crippen molar-refractivity contribution in [2.24, 2.45) is 0 Å². The minimum atomic E-state index is -0.522. The summed E-state index contributed by atoms with van der Waals surface area (Å²) in [5, 5.41) is 9.02. The van der Waals surface area contributed by atoms with Crippen molar-refractivity contribution in [1.82, 2.24) is 0 Å². The molecule has 0 saturated carbocycles. The zero-order chi connectivity index (χ0) is 10.8. The lowest BCUT2D eigenvalue weighted by Gasteiger charge is -2.19. The van der Waals surface area contributed by atoms with E-state index in [9.17, 15) is 0 Å². The first kappa shape index (κ1) is 11.1. The van der Waals surface area contributed by atoms with Crippen LogP contribution in [-0.4, -0.2) is 7.11 Å². The second kappa shape index (κ2) is 4.02. The van der Waals surface area contributed by atoms with Gasteiger partial charge in [0.1, 0.15) is 5.75 Å². The van der Waals surface area contributed by atoms with Crippen LogP contribution < -0.4 is 4.74 Å². The lowest BCUT2D eigenvalue weighted by molar-refractivity contribution is 0.402. The van der Waals surface area contributed by atoms with Crippen LogP contribution >= 0.6 is 15.9 Å². The number of nitriles is 1. The van der Waals surface area contributed by atoms with Gasteiger partial charge in [-0.25, -0.2) is 0 Å². The Labute approximate surface area is 92.6 Å². The van der Waals surface area contributed by atoms with Crippen molar-refractivity contribution in [3.63, 3.8) is 0 Å². The molecular formula is C11H12BrNO. The summed E-state index contributed by atoms with van der Waals surface area (Å²) in [4.78, 5) is 0. The highest BCUT2D eigenvalue weighted by Gasteiger charge is 2.23. The predicted molar refractivity (Wildman–Crippen MR) is 59.3 cm³/mol. The van der Waals surface area contributed by atoms with Crippen LogP contribution in [0, 0.1) is 11.3 Å². The number of rotatable bonds is 2. The zero-order valence-electron chi connectivity index (χ0n) is 8.47. The van der Waals surface area contributed by atoms with E-state index >= 15 is 0 Å². The third-order valence-electron chi connectivity index (χ3n) is 2.12. The van der Waals surface area contributed by atoms with Crippen LogP contribution in [0.1, 0.15) is 19.4 Å². The molecule has 1 aromatic rings. The highest BCUT2D eigenvalue weighted by atomic mass is 79.9. The van der Waals surface area contributed by atoms with Crippen molar-refractivity contribution >= 4 is 15.9 Å². The smallest absolute Gasteiger partial charge is 0.124 e. The summed E-state index contributed by atoms with van der Waals surface area (Å²) < 4.78 is 6.18. The molecular weight excluding hydrogens is 242 g/mol. The van der Waals surface area contributed by atoms with E-state index in [-0.39, 0.29) is 0 Å². The van der Waals surface area contributed by atoms with Crippen molar-refractivity contribution in [3.8, 4) is 11.8 Å². The second-order valence-corrected chi connectivity index (χ2v) is 4.50. The Morgan fingerprint density at radius 1 is 1.43 bits per heavy atom. The molecule has 0 aliphatic heterocycles. The third kappa shape index (κ3) is 2.08. The summed E-state index contributed by atoms with van der Waals surface area (Å²) in [6.07, 6.45) is 0. The molecule has 1 rings (SSSR count). The quantitative estimate of drug-likeness (QED) is 0.811. The topological polar surface area (TPSA) is 33.0 Å². The van der Waals surface area contributed by atoms with E-state index in [4.69, 9.17) is 10.00 Å². The molecule has 0 atom stereocenters. The Kier molecular flexibility index (Phi) is 3.17. The predicted octanol–water partition coefficient (Wildman–Crippen LogP) is 3.26. The molecule has 0 saturated heterocycles. The molecule has 74 valence electrons. The molecule has 0 amide bonds. The minimum Gasteiger partial charge on any atom is -0.496 e. The highest BCUT2D eigenvalue weighted by molar-refractivity contribution is 9.10. The number of hydrogen-bond donors (Lipinski definition) is 0. The molecule has 0 aliphatic rings. The molecule has 0 heterocycles. The van der Waals surface area contributed by atoms with Gasteiger partial charge in [-0.1, -0.05) is 22.0 Å². The van der Waals surface area contributed by atoms with Crippen LogP contribution in [0.15, 0.2) is 22.7 Å². The number of nitrogens with zero attached hydrogens (tertiary/aromatic N) is 1. The van der Waals surface area contributed by atoms with Crippen LogP contribution in [0.3, 0.4) is 0 Å². The second-order valence-electron chi connectivity index (χ2n) is 3.58. The molecule has 14 heavy (non-hydrogen) atoms. The number of benzene rings is 1. The maximum atomic E-state index is 9.02. The summed E-state index contributed by atoms with van der Waals surface area (Å²) >= 11 is 3.36. The number of halogens is 1. The van der Waals surface area contributed by atoms with Gasteiger partial charge in [0, 0.05) is 10.0 Å². The summed E-state index contributed by atoms with van der Waals surface area (Å²) in [5.74, 6) is 0.742. The Hall–Kier alpha value is -1.01.